The molecule has 0 unspecified atom stereocenters. The van der Waals surface area contributed by atoms with Crippen molar-refractivity contribution >= 4 is 11.5 Å². The number of benzene rings is 1. The second-order valence-corrected chi connectivity index (χ2v) is 4.24. The number of ketones is 1. The minimum absolute atomic E-state index is 0.371. The zero-order chi connectivity index (χ0) is 11.8. The molecule has 88 valence electrons. The molecule has 0 aromatic heterocycles. The van der Waals surface area contributed by atoms with Crippen molar-refractivity contribution in [2.75, 3.05) is 5.73 Å². The molecule has 0 aliphatic heterocycles. The Morgan fingerprint density at radius 2 is 2.06 bits per heavy atom. The number of nitrogen functional groups attached to an aromatic ring is 1. The highest BCUT2D eigenvalue weighted by Gasteiger charge is 2.02. The van der Waals surface area contributed by atoms with Crippen molar-refractivity contribution in [3.05, 3.63) is 29.8 Å². The average Bonchev–Trinajstić information content (AvgIpc) is 2.27. The van der Waals surface area contributed by atoms with Crippen LogP contribution in [0, 0.1) is 0 Å². The summed E-state index contributed by atoms with van der Waals surface area (Å²) < 4.78 is 0. The lowest BCUT2D eigenvalue weighted by Gasteiger charge is -2.02. The third-order valence-corrected chi connectivity index (χ3v) is 2.70. The van der Waals surface area contributed by atoms with Gasteiger partial charge in [-0.05, 0) is 30.5 Å². The van der Waals surface area contributed by atoms with Gasteiger partial charge in [0.2, 0.25) is 0 Å². The van der Waals surface area contributed by atoms with Gasteiger partial charge in [-0.1, -0.05) is 31.9 Å². The van der Waals surface area contributed by atoms with Crippen LogP contribution in [-0.2, 0) is 11.2 Å². The highest BCUT2D eigenvalue weighted by atomic mass is 16.1. The first-order valence-electron chi connectivity index (χ1n) is 6.08. The Morgan fingerprint density at radius 3 is 2.75 bits per heavy atom. The van der Waals surface area contributed by atoms with E-state index in [1.807, 2.05) is 24.3 Å². The van der Waals surface area contributed by atoms with E-state index in [4.69, 9.17) is 5.73 Å². The van der Waals surface area contributed by atoms with Gasteiger partial charge in [-0.2, -0.15) is 0 Å². The SMILES string of the molecule is CCCCCC(=O)CCc1cccc(N)c1. The van der Waals surface area contributed by atoms with E-state index < -0.39 is 0 Å². The second kappa shape index (κ2) is 7.04. The standard InChI is InChI=1S/C14H21NO/c1-2-3-4-8-14(16)10-9-12-6-5-7-13(15)11-12/h5-7,11H,2-4,8-10,15H2,1H3. The van der Waals surface area contributed by atoms with Crippen molar-refractivity contribution in [1.29, 1.82) is 0 Å². The van der Waals surface area contributed by atoms with E-state index in [0.29, 0.717) is 12.2 Å². The molecule has 1 aromatic rings. The molecule has 0 bridgehead atoms. The minimum Gasteiger partial charge on any atom is -0.399 e. The van der Waals surface area contributed by atoms with Crippen LogP contribution in [0.3, 0.4) is 0 Å². The summed E-state index contributed by atoms with van der Waals surface area (Å²) in [5.74, 6) is 0.371. The van der Waals surface area contributed by atoms with Gasteiger partial charge in [0.15, 0.2) is 0 Å². The van der Waals surface area contributed by atoms with Gasteiger partial charge >= 0.3 is 0 Å². The number of aryl methyl sites for hydroxylation is 1. The molecule has 2 N–H and O–H groups in total. The molecule has 0 aliphatic rings. The zero-order valence-corrected chi connectivity index (χ0v) is 10.0. The van der Waals surface area contributed by atoms with Gasteiger partial charge in [0.25, 0.3) is 0 Å². The number of anilines is 1. The summed E-state index contributed by atoms with van der Waals surface area (Å²) in [7, 11) is 0. The van der Waals surface area contributed by atoms with Crippen LogP contribution >= 0.6 is 0 Å². The predicted molar refractivity (Wildman–Crippen MR) is 68.3 cm³/mol. The molecule has 1 rings (SSSR count). The smallest absolute Gasteiger partial charge is 0.133 e. The number of hydrogen-bond donors (Lipinski definition) is 1. The van der Waals surface area contributed by atoms with Crippen LogP contribution in [0.2, 0.25) is 0 Å². The maximum Gasteiger partial charge on any atom is 0.133 e. The summed E-state index contributed by atoms with van der Waals surface area (Å²) >= 11 is 0. The van der Waals surface area contributed by atoms with Crippen LogP contribution in [0.4, 0.5) is 5.69 Å². The largest absolute Gasteiger partial charge is 0.399 e. The Labute approximate surface area is 97.9 Å². The Bertz CT molecular complexity index is 333. The van der Waals surface area contributed by atoms with Gasteiger partial charge in [-0.25, -0.2) is 0 Å². The summed E-state index contributed by atoms with van der Waals surface area (Å²) in [5, 5.41) is 0. The summed E-state index contributed by atoms with van der Waals surface area (Å²) in [6.07, 6.45) is 5.55. The highest BCUT2D eigenvalue weighted by Crippen LogP contribution is 2.10. The van der Waals surface area contributed by atoms with Gasteiger partial charge in [-0.15, -0.1) is 0 Å². The molecule has 0 saturated carbocycles. The topological polar surface area (TPSA) is 43.1 Å². The van der Waals surface area contributed by atoms with E-state index in [9.17, 15) is 4.79 Å². The Morgan fingerprint density at radius 1 is 1.25 bits per heavy atom. The molecule has 2 nitrogen and oxygen atoms in total. The van der Waals surface area contributed by atoms with E-state index >= 15 is 0 Å². The van der Waals surface area contributed by atoms with E-state index in [1.54, 1.807) is 0 Å². The Balaban J connectivity index is 2.26. The van der Waals surface area contributed by atoms with Crippen LogP contribution < -0.4 is 5.73 Å². The third-order valence-electron chi connectivity index (χ3n) is 2.70. The Kier molecular flexibility index (Phi) is 5.62. The van der Waals surface area contributed by atoms with Crippen molar-refractivity contribution in [1.82, 2.24) is 0 Å². The van der Waals surface area contributed by atoms with Gasteiger partial charge in [0.05, 0.1) is 0 Å². The first-order valence-corrected chi connectivity index (χ1v) is 6.08. The molecule has 0 saturated heterocycles. The average molecular weight is 219 g/mol. The number of unbranched alkanes of at least 4 members (excludes halogenated alkanes) is 2. The summed E-state index contributed by atoms with van der Waals surface area (Å²) in [6, 6.07) is 7.77. The molecular weight excluding hydrogens is 198 g/mol. The van der Waals surface area contributed by atoms with Crippen molar-refractivity contribution in [2.45, 2.75) is 45.4 Å². The normalized spacial score (nSPS) is 10.3. The zero-order valence-electron chi connectivity index (χ0n) is 10.0. The summed E-state index contributed by atoms with van der Waals surface area (Å²) in [4.78, 5) is 11.5. The molecule has 0 heterocycles. The highest BCUT2D eigenvalue weighted by molar-refractivity contribution is 5.78. The molecule has 1 aromatic carbocycles. The number of carbonyl (C=O) groups is 1. The van der Waals surface area contributed by atoms with Crippen LogP contribution in [-0.4, -0.2) is 5.78 Å². The number of carbonyl (C=O) groups excluding carboxylic acids is 1. The fourth-order valence-corrected chi connectivity index (χ4v) is 1.73. The quantitative estimate of drug-likeness (QED) is 0.564. The monoisotopic (exact) mass is 219 g/mol. The summed E-state index contributed by atoms with van der Waals surface area (Å²) in [6.45, 7) is 2.15. The van der Waals surface area contributed by atoms with Crippen molar-refractivity contribution in [3.8, 4) is 0 Å². The molecule has 2 heteroatoms. The second-order valence-electron chi connectivity index (χ2n) is 4.24. The maximum absolute atomic E-state index is 11.5. The van der Waals surface area contributed by atoms with Gasteiger partial charge in [0.1, 0.15) is 5.78 Å². The fourth-order valence-electron chi connectivity index (χ4n) is 1.73. The van der Waals surface area contributed by atoms with Crippen LogP contribution in [0.15, 0.2) is 24.3 Å². The molecule has 16 heavy (non-hydrogen) atoms. The summed E-state index contributed by atoms with van der Waals surface area (Å²) in [5.41, 5.74) is 7.61. The van der Waals surface area contributed by atoms with Gasteiger partial charge in [-0.3, -0.25) is 4.79 Å². The third kappa shape index (κ3) is 4.96. The predicted octanol–water partition coefficient (Wildman–Crippen LogP) is 3.35. The molecule has 0 fully saturated rings. The lowest BCUT2D eigenvalue weighted by Crippen LogP contribution is -2.00. The number of rotatable bonds is 7. The number of hydrogen-bond acceptors (Lipinski definition) is 2. The van der Waals surface area contributed by atoms with Crippen molar-refractivity contribution in [3.63, 3.8) is 0 Å². The Hall–Kier alpha value is -1.31. The maximum atomic E-state index is 11.5. The van der Waals surface area contributed by atoms with Crippen LogP contribution in [0.1, 0.15) is 44.6 Å². The molecule has 0 atom stereocenters. The molecular formula is C14H21NO. The van der Waals surface area contributed by atoms with E-state index in [-0.39, 0.29) is 0 Å². The molecule has 0 amide bonds. The van der Waals surface area contributed by atoms with Crippen molar-refractivity contribution < 1.29 is 4.79 Å². The fraction of sp³-hybridized carbons (Fsp3) is 0.500. The van der Waals surface area contributed by atoms with Crippen LogP contribution in [0.5, 0.6) is 0 Å². The van der Waals surface area contributed by atoms with E-state index in [0.717, 1.165) is 36.9 Å². The minimum atomic E-state index is 0.371. The molecule has 0 spiro atoms. The number of nitrogens with two attached hydrogens (primary N) is 1. The first-order chi connectivity index (χ1) is 7.72. The van der Waals surface area contributed by atoms with E-state index in [2.05, 4.69) is 6.92 Å². The number of Topliss-reactive ketones (excluding diaryl/α,β-unsaturated/α-hetero) is 1. The first kappa shape index (κ1) is 12.8. The van der Waals surface area contributed by atoms with E-state index in [1.165, 1.54) is 6.42 Å². The van der Waals surface area contributed by atoms with Gasteiger partial charge in [0, 0.05) is 18.5 Å². The lowest BCUT2D eigenvalue weighted by molar-refractivity contribution is -0.119. The van der Waals surface area contributed by atoms with Crippen molar-refractivity contribution in [2.24, 2.45) is 0 Å². The molecule has 0 aliphatic carbocycles. The lowest BCUT2D eigenvalue weighted by atomic mass is 10.0. The van der Waals surface area contributed by atoms with Crippen LogP contribution in [0.25, 0.3) is 0 Å². The van der Waals surface area contributed by atoms with Gasteiger partial charge < -0.3 is 5.73 Å². The molecule has 0 radical (unpaired) electrons.